The van der Waals surface area contributed by atoms with Crippen LogP contribution in [0.25, 0.3) is 0 Å². The molecule has 0 radical (unpaired) electrons. The Labute approximate surface area is 106 Å². The van der Waals surface area contributed by atoms with E-state index in [1.54, 1.807) is 0 Å². The first-order valence-corrected chi connectivity index (χ1v) is 6.26. The molecule has 0 unspecified atom stereocenters. The molecule has 2 saturated carbocycles. The van der Waals surface area contributed by atoms with Crippen LogP contribution >= 0.6 is 0 Å². The van der Waals surface area contributed by atoms with E-state index in [1.807, 2.05) is 0 Å². The fraction of sp³-hybridized carbons (Fsp3) is 1.00. The molecular weight excluding hydrogens is 192 g/mol. The van der Waals surface area contributed by atoms with E-state index in [0.29, 0.717) is 0 Å². The summed E-state index contributed by atoms with van der Waals surface area (Å²) in [4.78, 5) is 0. The lowest BCUT2D eigenvalue weighted by atomic mass is 9.75. The van der Waals surface area contributed by atoms with Crippen LogP contribution in [0.15, 0.2) is 0 Å². The van der Waals surface area contributed by atoms with Gasteiger partial charge in [0.15, 0.2) is 0 Å². The summed E-state index contributed by atoms with van der Waals surface area (Å²) < 4.78 is 0. The highest BCUT2D eigenvalue weighted by Gasteiger charge is 2.22. The van der Waals surface area contributed by atoms with E-state index in [1.165, 1.54) is 44.9 Å². The second-order valence-corrected chi connectivity index (χ2v) is 5.06. The van der Waals surface area contributed by atoms with Crippen molar-refractivity contribution in [1.82, 2.24) is 0 Å². The lowest BCUT2D eigenvalue weighted by Crippen LogP contribution is -2.19. The summed E-state index contributed by atoms with van der Waals surface area (Å²) in [5.41, 5.74) is 0. The fourth-order valence-corrected chi connectivity index (χ4v) is 2.30. The van der Waals surface area contributed by atoms with Gasteiger partial charge in [-0.15, -0.1) is 0 Å². The molecule has 102 valence electrons. The van der Waals surface area contributed by atoms with Gasteiger partial charge in [0.05, 0.1) is 0 Å². The minimum Gasteiger partial charge on any atom is -0.0776 e. The fourth-order valence-electron chi connectivity index (χ4n) is 2.30. The first-order valence-electron chi connectivity index (χ1n) is 6.26. The van der Waals surface area contributed by atoms with Gasteiger partial charge in [-0.3, -0.25) is 0 Å². The van der Waals surface area contributed by atoms with Gasteiger partial charge in [0, 0.05) is 0 Å². The van der Waals surface area contributed by atoms with Gasteiger partial charge in [-0.05, 0) is 30.6 Å². The third kappa shape index (κ3) is 7.30. The molecule has 2 rings (SSSR count). The standard InChI is InChI=1S/C7H14.C6H12.3CH4/c1-3-7-4-6(2)5-7;1-2-6-4-3-5-6;;;/h6-7H,3-5H2,1-2H3;6H,2-5H2,1H3;3*1H4. The molecule has 0 heteroatoms. The van der Waals surface area contributed by atoms with Crippen molar-refractivity contribution >= 4 is 0 Å². The van der Waals surface area contributed by atoms with E-state index < -0.39 is 0 Å². The molecule has 0 saturated heterocycles. The minimum atomic E-state index is 0. The second kappa shape index (κ2) is 11.5. The predicted molar refractivity (Wildman–Crippen MR) is 80.0 cm³/mol. The summed E-state index contributed by atoms with van der Waals surface area (Å²) >= 11 is 0. The van der Waals surface area contributed by atoms with Gasteiger partial charge in [0.2, 0.25) is 0 Å². The van der Waals surface area contributed by atoms with Crippen LogP contribution < -0.4 is 0 Å². The van der Waals surface area contributed by atoms with E-state index in [-0.39, 0.29) is 22.3 Å². The quantitative estimate of drug-likeness (QED) is 0.505. The molecular formula is C16H38. The molecule has 0 amide bonds. The molecule has 2 fully saturated rings. The Morgan fingerprint density at radius 3 is 1.31 bits per heavy atom. The normalized spacial score (nSPS) is 26.4. The van der Waals surface area contributed by atoms with Crippen LogP contribution in [0.5, 0.6) is 0 Å². The highest BCUT2D eigenvalue weighted by molar-refractivity contribution is 4.74. The molecule has 0 aromatic heterocycles. The third-order valence-electron chi connectivity index (χ3n) is 3.85. The summed E-state index contributed by atoms with van der Waals surface area (Å²) in [5, 5.41) is 0. The summed E-state index contributed by atoms with van der Waals surface area (Å²) in [6.07, 6.45) is 10.3. The van der Waals surface area contributed by atoms with Crippen LogP contribution in [-0.4, -0.2) is 0 Å². The van der Waals surface area contributed by atoms with Crippen molar-refractivity contribution in [2.45, 2.75) is 88.0 Å². The molecule has 0 aliphatic heterocycles. The first kappa shape index (κ1) is 21.3. The van der Waals surface area contributed by atoms with Gasteiger partial charge in [-0.1, -0.05) is 75.2 Å². The lowest BCUT2D eigenvalue weighted by molar-refractivity contribution is 0.206. The van der Waals surface area contributed by atoms with Gasteiger partial charge in [-0.2, -0.15) is 0 Å². The van der Waals surface area contributed by atoms with E-state index in [0.717, 1.165) is 17.8 Å². The van der Waals surface area contributed by atoms with Crippen LogP contribution in [0.1, 0.15) is 88.0 Å². The molecule has 2 aliphatic carbocycles. The Bertz CT molecular complexity index is 115. The Morgan fingerprint density at radius 2 is 1.25 bits per heavy atom. The van der Waals surface area contributed by atoms with Crippen LogP contribution in [-0.2, 0) is 0 Å². The average molecular weight is 230 g/mol. The van der Waals surface area contributed by atoms with Gasteiger partial charge in [-0.25, -0.2) is 0 Å². The number of hydrogen-bond acceptors (Lipinski definition) is 0. The van der Waals surface area contributed by atoms with E-state index in [2.05, 4.69) is 20.8 Å². The van der Waals surface area contributed by atoms with Gasteiger partial charge < -0.3 is 0 Å². The van der Waals surface area contributed by atoms with E-state index in [9.17, 15) is 0 Å². The zero-order chi connectivity index (χ0) is 9.68. The molecule has 0 aromatic carbocycles. The van der Waals surface area contributed by atoms with Gasteiger partial charge >= 0.3 is 0 Å². The van der Waals surface area contributed by atoms with Crippen molar-refractivity contribution in [2.75, 3.05) is 0 Å². The van der Waals surface area contributed by atoms with Gasteiger partial charge in [0.1, 0.15) is 0 Å². The Kier molecular flexibility index (Phi) is 15.3. The Hall–Kier alpha value is 0. The summed E-state index contributed by atoms with van der Waals surface area (Å²) in [5.74, 6) is 3.25. The Balaban J connectivity index is -0.000000179. The number of hydrogen-bond donors (Lipinski definition) is 0. The summed E-state index contributed by atoms with van der Waals surface area (Å²) in [7, 11) is 0. The van der Waals surface area contributed by atoms with Crippen LogP contribution in [0.2, 0.25) is 0 Å². The van der Waals surface area contributed by atoms with Gasteiger partial charge in [0.25, 0.3) is 0 Å². The van der Waals surface area contributed by atoms with Crippen molar-refractivity contribution in [2.24, 2.45) is 17.8 Å². The lowest BCUT2D eigenvalue weighted by Gasteiger charge is -2.31. The second-order valence-electron chi connectivity index (χ2n) is 5.06. The van der Waals surface area contributed by atoms with Crippen LogP contribution in [0, 0.1) is 17.8 Å². The maximum absolute atomic E-state index is 2.34. The summed E-state index contributed by atoms with van der Waals surface area (Å²) in [6, 6.07) is 0. The first-order chi connectivity index (χ1) is 6.26. The predicted octanol–water partition coefficient (Wildman–Crippen LogP) is 6.55. The zero-order valence-electron chi connectivity index (χ0n) is 9.68. The van der Waals surface area contributed by atoms with Crippen molar-refractivity contribution in [1.29, 1.82) is 0 Å². The SMILES string of the molecule is C.C.C.CCC1CC(C)C1.CCC1CCC1. The maximum atomic E-state index is 2.34. The minimum absolute atomic E-state index is 0. The smallest absolute Gasteiger partial charge is 0.0412 e. The molecule has 0 bridgehead atoms. The van der Waals surface area contributed by atoms with Crippen molar-refractivity contribution < 1.29 is 0 Å². The van der Waals surface area contributed by atoms with Crippen molar-refractivity contribution in [3.05, 3.63) is 0 Å². The average Bonchev–Trinajstić information content (AvgIpc) is 1.98. The molecule has 0 N–H and O–H groups in total. The molecule has 0 nitrogen and oxygen atoms in total. The van der Waals surface area contributed by atoms with E-state index >= 15 is 0 Å². The topological polar surface area (TPSA) is 0 Å². The monoisotopic (exact) mass is 230 g/mol. The summed E-state index contributed by atoms with van der Waals surface area (Å²) in [6.45, 7) is 6.91. The zero-order valence-corrected chi connectivity index (χ0v) is 9.68. The van der Waals surface area contributed by atoms with Crippen molar-refractivity contribution in [3.8, 4) is 0 Å². The highest BCUT2D eigenvalue weighted by Crippen LogP contribution is 2.34. The van der Waals surface area contributed by atoms with Crippen LogP contribution in [0.4, 0.5) is 0 Å². The maximum Gasteiger partial charge on any atom is -0.0412 e. The van der Waals surface area contributed by atoms with Crippen LogP contribution in [0.3, 0.4) is 0 Å². The highest BCUT2D eigenvalue weighted by atomic mass is 14.3. The molecule has 0 atom stereocenters. The van der Waals surface area contributed by atoms with E-state index in [4.69, 9.17) is 0 Å². The number of rotatable bonds is 2. The van der Waals surface area contributed by atoms with Crippen molar-refractivity contribution in [3.63, 3.8) is 0 Å². The molecule has 16 heavy (non-hydrogen) atoms. The molecule has 0 spiro atoms. The molecule has 0 heterocycles. The molecule has 2 aliphatic rings. The third-order valence-corrected chi connectivity index (χ3v) is 3.85. The Morgan fingerprint density at radius 1 is 0.812 bits per heavy atom. The molecule has 0 aromatic rings. The largest absolute Gasteiger partial charge is 0.0776 e.